The van der Waals surface area contributed by atoms with Crippen LogP contribution in [0.3, 0.4) is 0 Å². The SMILES string of the molecule is CC(CN)CN1CC(c2cc(Br)cs2)N(C)C1=O. The zero-order valence-corrected chi connectivity index (χ0v) is 13.0. The number of carbonyl (C=O) groups is 1. The Morgan fingerprint density at radius 2 is 2.39 bits per heavy atom. The highest BCUT2D eigenvalue weighted by Gasteiger charge is 2.36. The Balaban J connectivity index is 2.09. The van der Waals surface area contributed by atoms with Gasteiger partial charge in [0.05, 0.1) is 6.04 Å². The number of hydrogen-bond donors (Lipinski definition) is 1. The van der Waals surface area contributed by atoms with Gasteiger partial charge in [-0.1, -0.05) is 6.92 Å². The molecule has 0 aromatic carbocycles. The van der Waals surface area contributed by atoms with Gasteiger partial charge in [-0.2, -0.15) is 0 Å². The van der Waals surface area contributed by atoms with Gasteiger partial charge in [0.1, 0.15) is 0 Å². The summed E-state index contributed by atoms with van der Waals surface area (Å²) in [5.74, 6) is 0.344. The van der Waals surface area contributed by atoms with Crippen molar-refractivity contribution in [2.75, 3.05) is 26.7 Å². The molecule has 2 amide bonds. The third-order valence-electron chi connectivity index (χ3n) is 3.28. The van der Waals surface area contributed by atoms with Crippen molar-refractivity contribution in [1.82, 2.24) is 9.80 Å². The third-order valence-corrected chi connectivity index (χ3v) is 5.08. The number of likely N-dealkylation sites (N-methyl/N-ethyl adjacent to an activating group) is 1. The maximum absolute atomic E-state index is 12.2. The second-order valence-corrected chi connectivity index (χ2v) is 6.68. The lowest BCUT2D eigenvalue weighted by atomic mass is 10.1. The lowest BCUT2D eigenvalue weighted by Crippen LogP contribution is -2.34. The van der Waals surface area contributed by atoms with Crippen LogP contribution in [-0.2, 0) is 0 Å². The van der Waals surface area contributed by atoms with Gasteiger partial charge < -0.3 is 15.5 Å². The monoisotopic (exact) mass is 331 g/mol. The highest BCUT2D eigenvalue weighted by atomic mass is 79.9. The summed E-state index contributed by atoms with van der Waals surface area (Å²) in [4.78, 5) is 17.1. The molecule has 6 heteroatoms. The molecule has 0 aliphatic carbocycles. The second-order valence-electron chi connectivity index (χ2n) is 4.82. The minimum absolute atomic E-state index is 0.102. The molecule has 2 unspecified atom stereocenters. The molecule has 0 radical (unpaired) electrons. The summed E-state index contributed by atoms with van der Waals surface area (Å²) in [6.45, 7) is 4.18. The summed E-state index contributed by atoms with van der Waals surface area (Å²) in [5, 5.41) is 2.05. The maximum atomic E-state index is 12.2. The van der Waals surface area contributed by atoms with E-state index in [9.17, 15) is 4.79 Å². The Kier molecular flexibility index (Phi) is 4.29. The summed E-state index contributed by atoms with van der Waals surface area (Å²) in [6.07, 6.45) is 0. The van der Waals surface area contributed by atoms with Crippen LogP contribution in [0.5, 0.6) is 0 Å². The summed E-state index contributed by atoms with van der Waals surface area (Å²) in [5.41, 5.74) is 5.62. The molecular weight excluding hydrogens is 314 g/mol. The molecule has 1 aromatic rings. The number of nitrogens with zero attached hydrogens (tertiary/aromatic N) is 2. The Morgan fingerprint density at radius 3 is 2.94 bits per heavy atom. The van der Waals surface area contributed by atoms with Crippen LogP contribution < -0.4 is 5.73 Å². The van der Waals surface area contributed by atoms with Crippen LogP contribution in [0.1, 0.15) is 17.8 Å². The first-order valence-corrected chi connectivity index (χ1v) is 7.66. The minimum atomic E-state index is 0.102. The number of hydrogen-bond acceptors (Lipinski definition) is 3. The van der Waals surface area contributed by atoms with Gasteiger partial charge in [-0.3, -0.25) is 0 Å². The third kappa shape index (κ3) is 2.70. The summed E-state index contributed by atoms with van der Waals surface area (Å²) in [7, 11) is 1.87. The van der Waals surface area contributed by atoms with Crippen molar-refractivity contribution in [1.29, 1.82) is 0 Å². The lowest BCUT2D eigenvalue weighted by Gasteiger charge is -2.19. The predicted octanol–water partition coefficient (Wildman–Crippen LogP) is 2.51. The standard InChI is InChI=1S/C12H18BrN3OS/c1-8(4-14)5-16-6-10(15(2)12(16)17)11-3-9(13)7-18-11/h3,7-8,10H,4-6,14H2,1-2H3. The van der Waals surface area contributed by atoms with Crippen molar-refractivity contribution in [3.05, 3.63) is 20.8 Å². The molecule has 0 spiro atoms. The van der Waals surface area contributed by atoms with Gasteiger partial charge in [0, 0.05) is 34.9 Å². The molecule has 1 aliphatic rings. The summed E-state index contributed by atoms with van der Waals surface area (Å²) < 4.78 is 1.08. The Hall–Kier alpha value is -0.590. The number of rotatable bonds is 4. The summed E-state index contributed by atoms with van der Waals surface area (Å²) >= 11 is 5.14. The fraction of sp³-hybridized carbons (Fsp3) is 0.583. The lowest BCUT2D eigenvalue weighted by molar-refractivity contribution is 0.191. The number of thiophene rings is 1. The molecule has 2 atom stereocenters. The number of carbonyl (C=O) groups excluding carboxylic acids is 1. The highest BCUT2D eigenvalue weighted by molar-refractivity contribution is 9.10. The molecule has 1 aliphatic heterocycles. The van der Waals surface area contributed by atoms with E-state index in [0.29, 0.717) is 12.5 Å². The molecule has 18 heavy (non-hydrogen) atoms. The molecular formula is C12H18BrN3OS. The van der Waals surface area contributed by atoms with Gasteiger partial charge >= 0.3 is 6.03 Å². The molecule has 0 saturated carbocycles. The van der Waals surface area contributed by atoms with E-state index < -0.39 is 0 Å². The van der Waals surface area contributed by atoms with Gasteiger partial charge in [0.2, 0.25) is 0 Å². The van der Waals surface area contributed by atoms with Crippen LogP contribution in [0.25, 0.3) is 0 Å². The number of halogens is 1. The molecule has 1 fully saturated rings. The maximum Gasteiger partial charge on any atom is 0.320 e. The highest BCUT2D eigenvalue weighted by Crippen LogP contribution is 2.33. The quantitative estimate of drug-likeness (QED) is 0.921. The molecule has 4 nitrogen and oxygen atoms in total. The fourth-order valence-corrected chi connectivity index (χ4v) is 3.73. The van der Waals surface area contributed by atoms with Gasteiger partial charge in [0.25, 0.3) is 0 Å². The van der Waals surface area contributed by atoms with Crippen molar-refractivity contribution in [2.45, 2.75) is 13.0 Å². The summed E-state index contributed by atoms with van der Waals surface area (Å²) in [6, 6.07) is 2.36. The Labute approximate surface area is 120 Å². The van der Waals surface area contributed by atoms with E-state index in [4.69, 9.17) is 5.73 Å². The smallest absolute Gasteiger partial charge is 0.320 e. The first kappa shape index (κ1) is 13.8. The minimum Gasteiger partial charge on any atom is -0.330 e. The number of urea groups is 1. The van der Waals surface area contributed by atoms with Crippen LogP contribution in [0, 0.1) is 5.92 Å². The molecule has 0 bridgehead atoms. The largest absolute Gasteiger partial charge is 0.330 e. The molecule has 2 heterocycles. The van der Waals surface area contributed by atoms with Crippen molar-refractivity contribution in [3.8, 4) is 0 Å². The Morgan fingerprint density at radius 1 is 1.67 bits per heavy atom. The van der Waals surface area contributed by atoms with E-state index in [2.05, 4.69) is 34.3 Å². The van der Waals surface area contributed by atoms with E-state index in [1.165, 1.54) is 4.88 Å². The van der Waals surface area contributed by atoms with E-state index in [1.54, 1.807) is 11.3 Å². The van der Waals surface area contributed by atoms with E-state index in [-0.39, 0.29) is 12.1 Å². The molecule has 2 rings (SSSR count). The Bertz CT molecular complexity index is 437. The van der Waals surface area contributed by atoms with Gasteiger partial charge in [0.15, 0.2) is 0 Å². The fourth-order valence-electron chi connectivity index (χ4n) is 2.15. The first-order valence-electron chi connectivity index (χ1n) is 5.98. The van der Waals surface area contributed by atoms with Crippen LogP contribution in [-0.4, -0.2) is 42.5 Å². The zero-order chi connectivity index (χ0) is 13.3. The van der Waals surface area contributed by atoms with Gasteiger partial charge in [-0.05, 0) is 34.5 Å². The van der Waals surface area contributed by atoms with E-state index in [1.807, 2.05) is 16.8 Å². The first-order chi connectivity index (χ1) is 8.52. The van der Waals surface area contributed by atoms with E-state index >= 15 is 0 Å². The van der Waals surface area contributed by atoms with E-state index in [0.717, 1.165) is 17.6 Å². The predicted molar refractivity (Wildman–Crippen MR) is 77.7 cm³/mol. The van der Waals surface area contributed by atoms with Crippen LogP contribution in [0.2, 0.25) is 0 Å². The molecule has 1 saturated heterocycles. The molecule has 100 valence electrons. The average Bonchev–Trinajstić information content (AvgIpc) is 2.88. The second kappa shape index (κ2) is 5.59. The van der Waals surface area contributed by atoms with Crippen molar-refractivity contribution < 1.29 is 4.79 Å². The van der Waals surface area contributed by atoms with Crippen LogP contribution in [0.4, 0.5) is 4.79 Å². The van der Waals surface area contributed by atoms with Crippen molar-refractivity contribution in [2.24, 2.45) is 11.7 Å². The normalized spacial score (nSPS) is 21.8. The number of amides is 2. The number of nitrogens with two attached hydrogens (primary N) is 1. The zero-order valence-electron chi connectivity index (χ0n) is 10.6. The van der Waals surface area contributed by atoms with Gasteiger partial charge in [-0.25, -0.2) is 4.79 Å². The van der Waals surface area contributed by atoms with Crippen molar-refractivity contribution in [3.63, 3.8) is 0 Å². The topological polar surface area (TPSA) is 49.6 Å². The molecule has 1 aromatic heterocycles. The molecule has 2 N–H and O–H groups in total. The van der Waals surface area contributed by atoms with Crippen LogP contribution in [0.15, 0.2) is 15.9 Å². The average molecular weight is 332 g/mol. The van der Waals surface area contributed by atoms with Gasteiger partial charge in [-0.15, -0.1) is 11.3 Å². The van der Waals surface area contributed by atoms with Crippen molar-refractivity contribution >= 4 is 33.3 Å². The van der Waals surface area contributed by atoms with Crippen LogP contribution >= 0.6 is 27.3 Å².